The zero-order valence-corrected chi connectivity index (χ0v) is 15.5. The van der Waals surface area contributed by atoms with E-state index >= 15 is 0 Å². The minimum absolute atomic E-state index is 0.150. The zero-order valence-electron chi connectivity index (χ0n) is 13.9. The van der Waals surface area contributed by atoms with Crippen LogP contribution in [-0.2, 0) is 19.2 Å². The van der Waals surface area contributed by atoms with Gasteiger partial charge in [-0.15, -0.1) is 4.33 Å². The summed E-state index contributed by atoms with van der Waals surface area (Å²) in [6.45, 7) is 0. The molecule has 1 N–H and O–H groups in total. The molecule has 4 saturated carbocycles. The van der Waals surface area contributed by atoms with E-state index in [1.165, 1.54) is 0 Å². The predicted molar refractivity (Wildman–Crippen MR) is 85.0 cm³/mol. The molecule has 4 fully saturated rings. The highest BCUT2D eigenvalue weighted by atomic mass is 32.2. The van der Waals surface area contributed by atoms with Gasteiger partial charge >= 0.3 is 0 Å². The second kappa shape index (κ2) is 6.58. The lowest BCUT2D eigenvalue weighted by Gasteiger charge is -2.55. The molecule has 5 nitrogen and oxygen atoms in total. The molecule has 0 heterocycles. The van der Waals surface area contributed by atoms with Crippen molar-refractivity contribution >= 4 is 21.9 Å². The summed E-state index contributed by atoms with van der Waals surface area (Å²) in [6.07, 6.45) is 3.41. The topological polar surface area (TPSA) is 72.8 Å². The first-order valence-electron chi connectivity index (χ1n) is 8.45. The summed E-state index contributed by atoms with van der Waals surface area (Å²) >= 11 is -0.316. The Bertz CT molecular complexity index is 825. The molecule has 5 rings (SSSR count). The third kappa shape index (κ3) is 2.81. The minimum atomic E-state index is -4.66. The lowest BCUT2D eigenvalue weighted by atomic mass is 9.56. The first-order valence-corrected chi connectivity index (χ1v) is 10.7. The fraction of sp³-hybridized carbons (Fsp3) is 0.625. The molecule has 4 aliphatic rings. The molecule has 1 aromatic rings. The molecule has 150 valence electrons. The van der Waals surface area contributed by atoms with Crippen LogP contribution < -0.4 is 0 Å². The van der Waals surface area contributed by atoms with Crippen molar-refractivity contribution in [1.82, 2.24) is 0 Å². The normalized spacial score (nSPS) is 32.3. The van der Waals surface area contributed by atoms with Crippen LogP contribution in [-0.4, -0.2) is 18.4 Å². The van der Waals surface area contributed by atoms with E-state index in [4.69, 9.17) is 5.26 Å². The lowest BCUT2D eigenvalue weighted by Crippen LogP contribution is -2.55. The molecule has 0 aliphatic heterocycles. The molecule has 0 spiro atoms. The van der Waals surface area contributed by atoms with Gasteiger partial charge in [0.2, 0.25) is 0 Å². The first-order chi connectivity index (χ1) is 12.7. The maximum Gasteiger partial charge on any atom is 0.190 e. The van der Waals surface area contributed by atoms with E-state index in [0.717, 1.165) is 19.3 Å². The molecule has 0 radical (unpaired) electrons. The van der Waals surface area contributed by atoms with Gasteiger partial charge in [-0.2, -0.15) is 0 Å². The first kappa shape index (κ1) is 19.4. The van der Waals surface area contributed by atoms with Crippen molar-refractivity contribution in [2.45, 2.75) is 53.1 Å². The van der Waals surface area contributed by atoms with Crippen molar-refractivity contribution in [2.75, 3.05) is 0 Å². The Labute approximate surface area is 157 Å². The Kier molecular flexibility index (Phi) is 4.74. The van der Waals surface area contributed by atoms with Gasteiger partial charge in [0.05, 0.1) is 16.8 Å². The lowest BCUT2D eigenvalue weighted by molar-refractivity contribution is -0.432. The standard InChI is InChI=1S/C16H16F4O5S2/c17-10-12(19)15(13(20)11(18)14(10)26-25-24-21)27(22,23)16-4-7-1-8(5-16)3-9(2-7)6-16/h7-9,21H,1-6H2. The van der Waals surface area contributed by atoms with E-state index < -0.39 is 47.6 Å². The van der Waals surface area contributed by atoms with E-state index in [1.54, 1.807) is 0 Å². The third-order valence-electron chi connectivity index (χ3n) is 6.15. The number of rotatable bonds is 5. The Hall–Kier alpha value is -0.880. The molecule has 0 amide bonds. The summed E-state index contributed by atoms with van der Waals surface area (Å²) in [5.41, 5.74) is 0. The average Bonchev–Trinajstić information content (AvgIpc) is 2.59. The molecule has 0 unspecified atom stereocenters. The number of benzene rings is 1. The summed E-state index contributed by atoms with van der Waals surface area (Å²) < 4.78 is 86.6. The quantitative estimate of drug-likeness (QED) is 0.246. The minimum Gasteiger partial charge on any atom is -0.223 e. The van der Waals surface area contributed by atoms with Gasteiger partial charge in [-0.3, -0.25) is 0 Å². The maximum absolute atomic E-state index is 14.6. The van der Waals surface area contributed by atoms with Crippen LogP contribution in [0.5, 0.6) is 0 Å². The van der Waals surface area contributed by atoms with Crippen LogP contribution in [0.2, 0.25) is 0 Å². The molecular weight excluding hydrogens is 412 g/mol. The van der Waals surface area contributed by atoms with Crippen LogP contribution in [0.1, 0.15) is 38.5 Å². The predicted octanol–water partition coefficient (Wildman–Crippen LogP) is 4.41. The Morgan fingerprint density at radius 3 is 1.74 bits per heavy atom. The monoisotopic (exact) mass is 428 g/mol. The molecule has 4 aliphatic carbocycles. The fourth-order valence-electron chi connectivity index (χ4n) is 5.53. The summed E-state index contributed by atoms with van der Waals surface area (Å²) in [6, 6.07) is 0. The van der Waals surface area contributed by atoms with Gasteiger partial charge in [0, 0.05) is 0 Å². The van der Waals surface area contributed by atoms with Gasteiger partial charge in [0.15, 0.2) is 33.1 Å². The van der Waals surface area contributed by atoms with Crippen LogP contribution in [0.15, 0.2) is 9.79 Å². The molecule has 0 aromatic heterocycles. The maximum atomic E-state index is 14.6. The van der Waals surface area contributed by atoms with E-state index in [1.807, 2.05) is 0 Å². The van der Waals surface area contributed by atoms with Crippen molar-refractivity contribution in [3.63, 3.8) is 0 Å². The highest BCUT2D eigenvalue weighted by Gasteiger charge is 2.59. The van der Waals surface area contributed by atoms with Crippen molar-refractivity contribution in [3.05, 3.63) is 23.3 Å². The summed E-state index contributed by atoms with van der Waals surface area (Å²) in [5, 5.41) is 11.2. The number of hydrogen-bond donors (Lipinski definition) is 1. The second-order valence-corrected chi connectivity index (χ2v) is 10.7. The van der Waals surface area contributed by atoms with Gasteiger partial charge in [0.1, 0.15) is 9.79 Å². The van der Waals surface area contributed by atoms with E-state index in [2.05, 4.69) is 9.37 Å². The molecule has 0 atom stereocenters. The Morgan fingerprint density at radius 1 is 0.889 bits per heavy atom. The number of sulfone groups is 1. The molecule has 27 heavy (non-hydrogen) atoms. The Balaban J connectivity index is 1.83. The molecule has 4 bridgehead atoms. The van der Waals surface area contributed by atoms with Crippen molar-refractivity contribution in [2.24, 2.45) is 17.8 Å². The average molecular weight is 428 g/mol. The highest BCUT2D eigenvalue weighted by Crippen LogP contribution is 2.60. The van der Waals surface area contributed by atoms with Crippen molar-refractivity contribution in [3.8, 4) is 0 Å². The van der Waals surface area contributed by atoms with Gasteiger partial charge < -0.3 is 0 Å². The van der Waals surface area contributed by atoms with Crippen molar-refractivity contribution in [1.29, 1.82) is 0 Å². The third-order valence-corrected chi connectivity index (χ3v) is 9.34. The molecule has 11 heteroatoms. The van der Waals surface area contributed by atoms with Crippen molar-refractivity contribution < 1.29 is 40.6 Å². The summed E-state index contributed by atoms with van der Waals surface area (Å²) in [7, 11) is -4.66. The van der Waals surface area contributed by atoms with Gasteiger partial charge in [-0.05, 0) is 56.3 Å². The largest absolute Gasteiger partial charge is 0.223 e. The smallest absolute Gasteiger partial charge is 0.190 e. The second-order valence-electron chi connectivity index (χ2n) is 7.74. The Morgan fingerprint density at radius 2 is 1.33 bits per heavy atom. The van der Waals surface area contributed by atoms with Crippen LogP contribution in [0, 0.1) is 41.0 Å². The van der Waals surface area contributed by atoms with Crippen LogP contribution in [0.25, 0.3) is 0 Å². The summed E-state index contributed by atoms with van der Waals surface area (Å²) in [4.78, 5) is -2.85. The SMILES string of the molecule is O=S(=O)(c1c(F)c(F)c(SOOO)c(F)c1F)C12CC3CC(CC(C3)C1)C2. The van der Waals surface area contributed by atoms with Gasteiger partial charge in [-0.1, -0.05) is 5.04 Å². The van der Waals surface area contributed by atoms with E-state index in [9.17, 15) is 26.0 Å². The van der Waals surface area contributed by atoms with Gasteiger partial charge in [0.25, 0.3) is 0 Å². The molecule has 0 saturated heterocycles. The van der Waals surface area contributed by atoms with Crippen LogP contribution in [0.3, 0.4) is 0 Å². The van der Waals surface area contributed by atoms with E-state index in [-0.39, 0.29) is 49.1 Å². The summed E-state index contributed by atoms with van der Waals surface area (Å²) in [5.74, 6) is -7.37. The van der Waals surface area contributed by atoms with Crippen LogP contribution >= 0.6 is 12.0 Å². The zero-order chi connectivity index (χ0) is 19.6. The number of hydrogen-bond acceptors (Lipinski definition) is 6. The van der Waals surface area contributed by atoms with E-state index in [0.29, 0.717) is 0 Å². The van der Waals surface area contributed by atoms with Crippen LogP contribution in [0.4, 0.5) is 17.6 Å². The number of halogens is 4. The van der Waals surface area contributed by atoms with Gasteiger partial charge in [-0.25, -0.2) is 31.2 Å². The highest BCUT2D eigenvalue weighted by molar-refractivity contribution is 7.94. The molecular formula is C16H16F4O5S2. The molecule has 1 aromatic carbocycles. The fourth-order valence-corrected chi connectivity index (χ4v) is 8.40.